The van der Waals surface area contributed by atoms with Gasteiger partial charge in [-0.1, -0.05) is 17.7 Å². The molecule has 2 N–H and O–H groups in total. The number of nitrogens with zero attached hydrogens (tertiary/aromatic N) is 1. The fourth-order valence-corrected chi connectivity index (χ4v) is 2.71. The number of halogens is 1. The highest BCUT2D eigenvalue weighted by molar-refractivity contribution is 6.33. The van der Waals surface area contributed by atoms with E-state index >= 15 is 0 Å². The Kier molecular flexibility index (Phi) is 4.53. The quantitative estimate of drug-likeness (QED) is 0.705. The van der Waals surface area contributed by atoms with Crippen molar-refractivity contribution in [1.82, 2.24) is 4.98 Å². The second kappa shape index (κ2) is 6.76. The highest BCUT2D eigenvalue weighted by atomic mass is 35.5. The summed E-state index contributed by atoms with van der Waals surface area (Å²) in [6.07, 6.45) is 3.02. The van der Waals surface area contributed by atoms with Crippen LogP contribution >= 0.6 is 11.6 Å². The van der Waals surface area contributed by atoms with Crippen LogP contribution in [-0.2, 0) is 0 Å². The Morgan fingerprint density at radius 2 is 2.04 bits per heavy atom. The molecule has 0 fully saturated rings. The van der Waals surface area contributed by atoms with Crippen LogP contribution in [0.2, 0.25) is 5.02 Å². The van der Waals surface area contributed by atoms with Gasteiger partial charge in [-0.3, -0.25) is 4.79 Å². The number of hydrogen-bond donors (Lipinski definition) is 2. The first-order valence-electron chi connectivity index (χ1n) is 7.37. The van der Waals surface area contributed by atoms with E-state index in [2.05, 4.69) is 15.6 Å². The van der Waals surface area contributed by atoms with Crippen LogP contribution in [0, 0.1) is 13.8 Å². The summed E-state index contributed by atoms with van der Waals surface area (Å²) in [6, 6.07) is 10.7. The van der Waals surface area contributed by atoms with Crippen molar-refractivity contribution in [2.45, 2.75) is 13.8 Å². The maximum absolute atomic E-state index is 11.9. The van der Waals surface area contributed by atoms with E-state index in [1.54, 1.807) is 30.5 Å². The Hall–Kier alpha value is -2.79. The van der Waals surface area contributed by atoms with E-state index in [1.807, 2.05) is 26.0 Å². The number of furan rings is 1. The number of rotatable bonds is 4. The molecular formula is C18H16ClN3O2. The average molecular weight is 342 g/mol. The molecule has 0 spiro atoms. The summed E-state index contributed by atoms with van der Waals surface area (Å²) in [4.78, 5) is 16.2. The number of aromatic nitrogens is 1. The molecule has 0 saturated carbocycles. The van der Waals surface area contributed by atoms with Crippen molar-refractivity contribution in [2.24, 2.45) is 0 Å². The zero-order valence-corrected chi connectivity index (χ0v) is 14.0. The first-order chi connectivity index (χ1) is 11.5. The smallest absolute Gasteiger partial charge is 0.291 e. The molecule has 2 heterocycles. The molecule has 1 aromatic carbocycles. The molecule has 6 heteroatoms. The summed E-state index contributed by atoms with van der Waals surface area (Å²) in [5.41, 5.74) is 3.54. The van der Waals surface area contributed by atoms with Crippen molar-refractivity contribution in [3.05, 3.63) is 70.8 Å². The Morgan fingerprint density at radius 1 is 1.21 bits per heavy atom. The van der Waals surface area contributed by atoms with Crippen LogP contribution < -0.4 is 10.6 Å². The van der Waals surface area contributed by atoms with Crippen LogP contribution in [0.1, 0.15) is 21.7 Å². The number of nitrogens with one attached hydrogen (secondary N) is 2. The maximum Gasteiger partial charge on any atom is 0.291 e. The topological polar surface area (TPSA) is 67.2 Å². The minimum absolute atomic E-state index is 0.249. The van der Waals surface area contributed by atoms with Crippen LogP contribution in [-0.4, -0.2) is 10.9 Å². The number of anilines is 3. The third-order valence-electron chi connectivity index (χ3n) is 3.45. The normalized spacial score (nSPS) is 10.5. The third-order valence-corrected chi connectivity index (χ3v) is 3.75. The van der Waals surface area contributed by atoms with Gasteiger partial charge in [-0.15, -0.1) is 0 Å². The van der Waals surface area contributed by atoms with E-state index in [4.69, 9.17) is 16.0 Å². The molecule has 0 unspecified atom stereocenters. The lowest BCUT2D eigenvalue weighted by atomic mass is 10.1. The monoisotopic (exact) mass is 341 g/mol. The molecule has 0 bridgehead atoms. The van der Waals surface area contributed by atoms with E-state index in [9.17, 15) is 4.79 Å². The van der Waals surface area contributed by atoms with Crippen molar-refractivity contribution in [3.8, 4) is 0 Å². The van der Waals surface area contributed by atoms with Gasteiger partial charge in [0.05, 0.1) is 28.9 Å². The van der Waals surface area contributed by atoms with Crippen molar-refractivity contribution in [3.63, 3.8) is 0 Å². The zero-order valence-electron chi connectivity index (χ0n) is 13.3. The number of hydrogen-bond acceptors (Lipinski definition) is 4. The lowest BCUT2D eigenvalue weighted by Gasteiger charge is -2.12. The molecule has 24 heavy (non-hydrogen) atoms. The largest absolute Gasteiger partial charge is 0.459 e. The van der Waals surface area contributed by atoms with Gasteiger partial charge in [-0.2, -0.15) is 0 Å². The number of benzene rings is 1. The van der Waals surface area contributed by atoms with Crippen LogP contribution in [0.25, 0.3) is 0 Å². The molecule has 0 aliphatic rings. The molecule has 0 radical (unpaired) electrons. The summed E-state index contributed by atoms with van der Waals surface area (Å²) in [5, 5.41) is 6.56. The number of aryl methyl sites for hydroxylation is 2. The maximum atomic E-state index is 11.9. The van der Waals surface area contributed by atoms with Crippen LogP contribution in [0.15, 0.2) is 53.3 Å². The minimum Gasteiger partial charge on any atom is -0.459 e. The Balaban J connectivity index is 1.72. The van der Waals surface area contributed by atoms with E-state index in [1.165, 1.54) is 6.26 Å². The van der Waals surface area contributed by atoms with Crippen LogP contribution in [0.5, 0.6) is 0 Å². The van der Waals surface area contributed by atoms with Gasteiger partial charge in [-0.25, -0.2) is 4.98 Å². The van der Waals surface area contributed by atoms with Gasteiger partial charge in [0, 0.05) is 0 Å². The van der Waals surface area contributed by atoms with E-state index in [0.717, 1.165) is 16.8 Å². The first kappa shape index (κ1) is 16.1. The van der Waals surface area contributed by atoms with Gasteiger partial charge >= 0.3 is 0 Å². The summed E-state index contributed by atoms with van der Waals surface area (Å²) >= 11 is 6.28. The molecule has 0 atom stereocenters. The van der Waals surface area contributed by atoms with Gasteiger partial charge < -0.3 is 15.1 Å². The number of carbonyl (C=O) groups excluding carboxylic acids is 1. The van der Waals surface area contributed by atoms with Gasteiger partial charge in [-0.05, 0) is 55.3 Å². The molecule has 3 aromatic rings. The molecule has 122 valence electrons. The van der Waals surface area contributed by atoms with Gasteiger partial charge in [0.1, 0.15) is 5.82 Å². The van der Waals surface area contributed by atoms with Crippen molar-refractivity contribution in [2.75, 3.05) is 10.6 Å². The Morgan fingerprint density at radius 3 is 2.67 bits per heavy atom. The third kappa shape index (κ3) is 3.58. The fraction of sp³-hybridized carbons (Fsp3) is 0.111. The van der Waals surface area contributed by atoms with Crippen LogP contribution in [0.3, 0.4) is 0 Å². The summed E-state index contributed by atoms with van der Waals surface area (Å²) in [5.74, 6) is 0.569. The predicted molar refractivity (Wildman–Crippen MR) is 95.1 cm³/mol. The van der Waals surface area contributed by atoms with Gasteiger partial charge in [0.2, 0.25) is 0 Å². The minimum atomic E-state index is -0.320. The number of amides is 1. The van der Waals surface area contributed by atoms with E-state index in [-0.39, 0.29) is 11.7 Å². The van der Waals surface area contributed by atoms with Gasteiger partial charge in [0.25, 0.3) is 5.91 Å². The molecule has 2 aromatic heterocycles. The second-order valence-corrected chi connectivity index (χ2v) is 5.83. The Bertz CT molecular complexity index is 835. The van der Waals surface area contributed by atoms with Crippen LogP contribution in [0.4, 0.5) is 17.2 Å². The predicted octanol–water partition coefficient (Wildman–Crippen LogP) is 4.94. The number of carbonyl (C=O) groups is 1. The average Bonchev–Trinajstić information content (AvgIpc) is 3.07. The molecule has 1 amide bonds. The van der Waals surface area contributed by atoms with Crippen molar-refractivity contribution in [1.29, 1.82) is 0 Å². The van der Waals surface area contributed by atoms with Gasteiger partial charge in [0.15, 0.2) is 5.76 Å². The molecule has 5 nitrogen and oxygen atoms in total. The molecule has 0 aliphatic carbocycles. The van der Waals surface area contributed by atoms with E-state index < -0.39 is 0 Å². The zero-order chi connectivity index (χ0) is 17.1. The SMILES string of the molecule is Cc1cc(C)c(Nc2ccc(NC(=O)c3ccco3)cn2)c(Cl)c1. The standard InChI is InChI=1S/C18H16ClN3O2/c1-11-8-12(2)17(14(19)9-11)22-16-6-5-13(10-20-16)21-18(23)15-4-3-7-24-15/h3-10H,1-2H3,(H,20,22)(H,21,23). The molecular weight excluding hydrogens is 326 g/mol. The summed E-state index contributed by atoms with van der Waals surface area (Å²) in [6.45, 7) is 3.98. The fourth-order valence-electron chi connectivity index (χ4n) is 2.34. The first-order valence-corrected chi connectivity index (χ1v) is 7.75. The van der Waals surface area contributed by atoms with Crippen molar-refractivity contribution < 1.29 is 9.21 Å². The molecule has 0 saturated heterocycles. The number of pyridine rings is 1. The van der Waals surface area contributed by atoms with Crippen molar-refractivity contribution >= 4 is 34.7 Å². The summed E-state index contributed by atoms with van der Waals surface area (Å²) in [7, 11) is 0. The highest BCUT2D eigenvalue weighted by Gasteiger charge is 2.10. The second-order valence-electron chi connectivity index (χ2n) is 5.43. The lowest BCUT2D eigenvalue weighted by molar-refractivity contribution is 0.0996. The highest BCUT2D eigenvalue weighted by Crippen LogP contribution is 2.29. The Labute approximate surface area is 144 Å². The van der Waals surface area contributed by atoms with E-state index in [0.29, 0.717) is 16.5 Å². The lowest BCUT2D eigenvalue weighted by Crippen LogP contribution is -2.11. The molecule has 3 rings (SSSR count). The molecule has 0 aliphatic heterocycles. The summed E-state index contributed by atoms with van der Waals surface area (Å²) < 4.78 is 5.05.